The number of aromatic nitrogens is 2. The summed E-state index contributed by atoms with van der Waals surface area (Å²) in [6.45, 7) is 1.82. The number of hydrogen-bond donors (Lipinski definition) is 1. The Bertz CT molecular complexity index is 710. The molecule has 4 rings (SSSR count). The largest absolute Gasteiger partial charge is 0.341 e. The van der Waals surface area contributed by atoms with E-state index in [1.165, 1.54) is 29.3 Å². The van der Waals surface area contributed by atoms with Crippen LogP contribution in [0.1, 0.15) is 24.1 Å². The Labute approximate surface area is 122 Å². The Morgan fingerprint density at radius 2 is 2.20 bits per heavy atom. The zero-order valence-electron chi connectivity index (χ0n) is 11.2. The van der Waals surface area contributed by atoms with Crippen molar-refractivity contribution in [3.63, 3.8) is 0 Å². The van der Waals surface area contributed by atoms with Crippen LogP contribution in [0.25, 0.3) is 10.9 Å². The molecule has 0 spiro atoms. The third kappa shape index (κ3) is 2.37. The predicted octanol–water partition coefficient (Wildman–Crippen LogP) is 3.40. The number of thiazole rings is 1. The quantitative estimate of drug-likeness (QED) is 0.778. The lowest BCUT2D eigenvalue weighted by atomic mass is 10.2. The molecule has 2 heterocycles. The van der Waals surface area contributed by atoms with Crippen molar-refractivity contribution in [2.75, 3.05) is 0 Å². The zero-order chi connectivity index (χ0) is 13.4. The van der Waals surface area contributed by atoms with Crippen LogP contribution in [0.5, 0.6) is 0 Å². The molecule has 0 atom stereocenters. The molecule has 1 aliphatic rings. The normalized spacial score (nSPS) is 15.0. The highest BCUT2D eigenvalue weighted by atomic mass is 32.1. The van der Waals surface area contributed by atoms with Crippen LogP contribution in [0.3, 0.4) is 0 Å². The van der Waals surface area contributed by atoms with E-state index in [4.69, 9.17) is 0 Å². The third-order valence-electron chi connectivity index (χ3n) is 3.85. The first kappa shape index (κ1) is 12.1. The fourth-order valence-electron chi connectivity index (χ4n) is 2.63. The van der Waals surface area contributed by atoms with E-state index in [1.54, 1.807) is 11.3 Å². The highest BCUT2D eigenvalue weighted by Gasteiger charge is 2.20. The van der Waals surface area contributed by atoms with E-state index in [2.05, 4.69) is 50.7 Å². The van der Waals surface area contributed by atoms with Crippen LogP contribution in [-0.4, -0.2) is 15.6 Å². The Morgan fingerprint density at radius 3 is 3.00 bits per heavy atom. The van der Waals surface area contributed by atoms with Gasteiger partial charge in [-0.2, -0.15) is 0 Å². The molecule has 3 nitrogen and oxygen atoms in total. The molecular formula is C16H17N3S. The number of benzene rings is 1. The maximum absolute atomic E-state index is 4.39. The summed E-state index contributed by atoms with van der Waals surface area (Å²) in [6, 6.07) is 9.39. The summed E-state index contributed by atoms with van der Waals surface area (Å²) in [5.74, 6) is 0. The standard InChI is InChI=1S/C16H17N3S/c1-2-4-16-15(3-1)12(7-17-13-5-6-13)8-19(16)9-14-10-20-11-18-14/h1-4,8,10-11,13,17H,5-7,9H2. The van der Waals surface area contributed by atoms with E-state index in [-0.39, 0.29) is 0 Å². The molecule has 0 aliphatic heterocycles. The van der Waals surface area contributed by atoms with Crippen LogP contribution in [0.4, 0.5) is 0 Å². The Kier molecular flexibility index (Phi) is 3.05. The van der Waals surface area contributed by atoms with Gasteiger partial charge < -0.3 is 9.88 Å². The molecule has 0 bridgehead atoms. The fourth-order valence-corrected chi connectivity index (χ4v) is 3.18. The number of hydrogen-bond acceptors (Lipinski definition) is 3. The van der Waals surface area contributed by atoms with Gasteiger partial charge in [-0.25, -0.2) is 4.98 Å². The minimum atomic E-state index is 0.746. The molecule has 2 aromatic heterocycles. The lowest BCUT2D eigenvalue weighted by Gasteiger charge is -2.01. The SMILES string of the molecule is c1ccc2c(c1)c(CNC1CC1)cn2Cc1cscn1. The maximum atomic E-state index is 4.39. The maximum Gasteiger partial charge on any atom is 0.0795 e. The van der Waals surface area contributed by atoms with Crippen LogP contribution < -0.4 is 5.32 Å². The molecule has 1 N–H and O–H groups in total. The average molecular weight is 283 g/mol. The Morgan fingerprint density at radius 1 is 1.30 bits per heavy atom. The number of para-hydroxylation sites is 1. The van der Waals surface area contributed by atoms with Gasteiger partial charge in [0.25, 0.3) is 0 Å². The van der Waals surface area contributed by atoms with Crippen molar-refractivity contribution in [1.82, 2.24) is 14.9 Å². The second-order valence-corrected chi connectivity index (χ2v) is 6.15. The van der Waals surface area contributed by atoms with Gasteiger partial charge in [0.05, 0.1) is 17.7 Å². The molecule has 1 fully saturated rings. The molecule has 1 aromatic carbocycles. The lowest BCUT2D eigenvalue weighted by molar-refractivity contribution is 0.686. The molecular weight excluding hydrogens is 266 g/mol. The Hall–Kier alpha value is -1.65. The number of rotatable bonds is 5. The molecule has 1 saturated carbocycles. The highest BCUT2D eigenvalue weighted by Crippen LogP contribution is 2.24. The van der Waals surface area contributed by atoms with Gasteiger partial charge in [0, 0.05) is 35.1 Å². The number of fused-ring (bicyclic) bond motifs is 1. The Balaban J connectivity index is 1.68. The molecule has 0 saturated heterocycles. The second kappa shape index (κ2) is 5.04. The first-order valence-electron chi connectivity index (χ1n) is 7.07. The van der Waals surface area contributed by atoms with Crippen molar-refractivity contribution in [2.24, 2.45) is 0 Å². The van der Waals surface area contributed by atoms with Crippen LogP contribution >= 0.6 is 11.3 Å². The smallest absolute Gasteiger partial charge is 0.0795 e. The van der Waals surface area contributed by atoms with E-state index in [0.29, 0.717) is 0 Å². The van der Waals surface area contributed by atoms with Gasteiger partial charge in [-0.1, -0.05) is 18.2 Å². The molecule has 1 aliphatic carbocycles. The summed E-state index contributed by atoms with van der Waals surface area (Å²) in [4.78, 5) is 4.39. The van der Waals surface area contributed by atoms with Gasteiger partial charge in [-0.15, -0.1) is 11.3 Å². The average Bonchev–Trinajstić information content (AvgIpc) is 3.05. The van der Waals surface area contributed by atoms with Crippen LogP contribution in [0.2, 0.25) is 0 Å². The lowest BCUT2D eigenvalue weighted by Crippen LogP contribution is -2.14. The minimum absolute atomic E-state index is 0.746. The van der Waals surface area contributed by atoms with E-state index in [9.17, 15) is 0 Å². The van der Waals surface area contributed by atoms with E-state index in [1.807, 2.05) is 5.51 Å². The molecule has 4 heteroatoms. The van der Waals surface area contributed by atoms with Gasteiger partial charge in [-0.05, 0) is 24.5 Å². The molecule has 0 amide bonds. The molecule has 3 aromatic rings. The summed E-state index contributed by atoms with van der Waals surface area (Å²) in [7, 11) is 0. The molecule has 20 heavy (non-hydrogen) atoms. The topological polar surface area (TPSA) is 29.9 Å². The van der Waals surface area contributed by atoms with Crippen LogP contribution in [0, 0.1) is 0 Å². The highest BCUT2D eigenvalue weighted by molar-refractivity contribution is 7.07. The monoisotopic (exact) mass is 283 g/mol. The number of nitrogens with zero attached hydrogens (tertiary/aromatic N) is 2. The first-order valence-corrected chi connectivity index (χ1v) is 8.01. The molecule has 0 unspecified atom stereocenters. The van der Waals surface area contributed by atoms with Crippen molar-refractivity contribution < 1.29 is 0 Å². The fraction of sp³-hybridized carbons (Fsp3) is 0.312. The number of nitrogens with one attached hydrogen (secondary N) is 1. The van der Waals surface area contributed by atoms with Gasteiger partial charge in [-0.3, -0.25) is 0 Å². The van der Waals surface area contributed by atoms with Gasteiger partial charge >= 0.3 is 0 Å². The first-order chi connectivity index (χ1) is 9.90. The summed E-state index contributed by atoms with van der Waals surface area (Å²) < 4.78 is 2.31. The second-order valence-electron chi connectivity index (χ2n) is 5.43. The van der Waals surface area contributed by atoms with Gasteiger partial charge in [0.1, 0.15) is 0 Å². The summed E-state index contributed by atoms with van der Waals surface area (Å²) in [5.41, 5.74) is 5.73. The minimum Gasteiger partial charge on any atom is -0.341 e. The summed E-state index contributed by atoms with van der Waals surface area (Å²) in [5, 5.41) is 7.09. The van der Waals surface area contributed by atoms with E-state index >= 15 is 0 Å². The van der Waals surface area contributed by atoms with Crippen molar-refractivity contribution in [3.8, 4) is 0 Å². The molecule has 102 valence electrons. The molecule has 0 radical (unpaired) electrons. The van der Waals surface area contributed by atoms with Crippen molar-refractivity contribution in [2.45, 2.75) is 32.0 Å². The van der Waals surface area contributed by atoms with Gasteiger partial charge in [0.2, 0.25) is 0 Å². The van der Waals surface area contributed by atoms with Crippen LogP contribution in [0.15, 0.2) is 41.4 Å². The van der Waals surface area contributed by atoms with Crippen molar-refractivity contribution >= 4 is 22.2 Å². The van der Waals surface area contributed by atoms with Gasteiger partial charge in [0.15, 0.2) is 0 Å². The summed E-state index contributed by atoms with van der Waals surface area (Å²) >= 11 is 1.66. The van der Waals surface area contributed by atoms with Crippen LogP contribution in [-0.2, 0) is 13.1 Å². The van der Waals surface area contributed by atoms with E-state index < -0.39 is 0 Å². The van der Waals surface area contributed by atoms with Crippen molar-refractivity contribution in [1.29, 1.82) is 0 Å². The third-order valence-corrected chi connectivity index (χ3v) is 4.48. The zero-order valence-corrected chi connectivity index (χ0v) is 12.1. The van der Waals surface area contributed by atoms with E-state index in [0.717, 1.165) is 24.8 Å². The predicted molar refractivity (Wildman–Crippen MR) is 83.0 cm³/mol. The van der Waals surface area contributed by atoms with Crippen molar-refractivity contribution in [3.05, 3.63) is 52.6 Å². The summed E-state index contributed by atoms with van der Waals surface area (Å²) in [6.07, 6.45) is 4.94.